The second kappa shape index (κ2) is 9.92. The van der Waals surface area contributed by atoms with Crippen LogP contribution in [-0.2, 0) is 34.6 Å². The molecule has 7 nitrogen and oxygen atoms in total. The molecule has 0 spiro atoms. The fraction of sp³-hybridized carbons (Fsp3) is 0.455. The number of carbonyl (C=O) groups is 1. The van der Waals surface area contributed by atoms with Gasteiger partial charge in [-0.15, -0.1) is 0 Å². The van der Waals surface area contributed by atoms with Crippen LogP contribution in [0.5, 0.6) is 0 Å². The van der Waals surface area contributed by atoms with Crippen molar-refractivity contribution in [3.05, 3.63) is 52.6 Å². The van der Waals surface area contributed by atoms with Gasteiger partial charge in [-0.05, 0) is 44.7 Å². The molecule has 0 saturated carbocycles. The van der Waals surface area contributed by atoms with Crippen molar-refractivity contribution >= 4 is 21.7 Å². The Labute approximate surface area is 178 Å². The Hall–Kier alpha value is -2.63. The molecule has 162 valence electrons. The first kappa shape index (κ1) is 23.6. The van der Waals surface area contributed by atoms with Crippen LogP contribution in [-0.4, -0.2) is 37.4 Å². The topological polar surface area (TPSA) is 81.8 Å². The van der Waals surface area contributed by atoms with Crippen LogP contribution in [0.4, 0.5) is 5.69 Å². The first-order chi connectivity index (χ1) is 14.2. The molecule has 0 radical (unpaired) electrons. The maximum Gasteiger partial charge on any atom is 0.354 e. The minimum Gasteiger partial charge on any atom is -0.461 e. The Morgan fingerprint density at radius 2 is 1.87 bits per heavy atom. The van der Waals surface area contributed by atoms with E-state index in [0.29, 0.717) is 36.3 Å². The number of esters is 1. The summed E-state index contributed by atoms with van der Waals surface area (Å²) >= 11 is 0. The number of hydrogen-bond donors (Lipinski definition) is 1. The van der Waals surface area contributed by atoms with Crippen LogP contribution >= 0.6 is 0 Å². The standard InChI is InChI=1S/C22H29N3O4S/c1-7-18-20(23-5)19(21(25(18)6)22(26)29-8-2)17-11-9-16(10-12-17)13-14-24-30(27,28)15(3)4/h9-12,15,24H,7-8,13-14H2,1-4,6H3. The molecule has 0 bridgehead atoms. The van der Waals surface area contributed by atoms with E-state index in [1.807, 2.05) is 31.2 Å². The van der Waals surface area contributed by atoms with Gasteiger partial charge in [0.1, 0.15) is 5.69 Å². The highest BCUT2D eigenvalue weighted by Crippen LogP contribution is 2.39. The molecule has 2 aromatic rings. The highest BCUT2D eigenvalue weighted by atomic mass is 32.2. The van der Waals surface area contributed by atoms with E-state index in [-0.39, 0.29) is 6.61 Å². The molecule has 0 unspecified atom stereocenters. The third kappa shape index (κ3) is 4.91. The molecular weight excluding hydrogens is 402 g/mol. The number of sulfonamides is 1. The molecule has 0 fully saturated rings. The lowest BCUT2D eigenvalue weighted by Crippen LogP contribution is -2.32. The maximum atomic E-state index is 12.6. The monoisotopic (exact) mass is 431 g/mol. The van der Waals surface area contributed by atoms with E-state index in [2.05, 4.69) is 9.57 Å². The van der Waals surface area contributed by atoms with Crippen molar-refractivity contribution in [2.24, 2.45) is 7.05 Å². The molecule has 8 heteroatoms. The van der Waals surface area contributed by atoms with Gasteiger partial charge in [-0.3, -0.25) is 0 Å². The Morgan fingerprint density at radius 3 is 2.37 bits per heavy atom. The lowest BCUT2D eigenvalue weighted by Gasteiger charge is -2.11. The smallest absolute Gasteiger partial charge is 0.354 e. The highest BCUT2D eigenvalue weighted by molar-refractivity contribution is 7.90. The van der Waals surface area contributed by atoms with Crippen LogP contribution < -0.4 is 4.72 Å². The van der Waals surface area contributed by atoms with Crippen molar-refractivity contribution in [1.82, 2.24) is 9.29 Å². The molecule has 0 aliphatic carbocycles. The lowest BCUT2D eigenvalue weighted by molar-refractivity contribution is 0.0516. The lowest BCUT2D eigenvalue weighted by atomic mass is 10.0. The van der Waals surface area contributed by atoms with Gasteiger partial charge in [0, 0.05) is 24.8 Å². The van der Waals surface area contributed by atoms with Crippen molar-refractivity contribution in [1.29, 1.82) is 0 Å². The minimum absolute atomic E-state index is 0.253. The summed E-state index contributed by atoms with van der Waals surface area (Å²) in [6, 6.07) is 7.50. The fourth-order valence-corrected chi connectivity index (χ4v) is 4.02. The summed E-state index contributed by atoms with van der Waals surface area (Å²) in [6.07, 6.45) is 1.16. The van der Waals surface area contributed by atoms with Crippen LogP contribution in [0, 0.1) is 6.57 Å². The van der Waals surface area contributed by atoms with E-state index in [1.165, 1.54) is 0 Å². The van der Waals surface area contributed by atoms with Crippen molar-refractivity contribution < 1.29 is 17.9 Å². The average Bonchev–Trinajstić information content (AvgIpc) is 2.99. The molecular formula is C22H29N3O4S. The number of carbonyl (C=O) groups excluding carboxylic acids is 1. The van der Waals surface area contributed by atoms with E-state index in [1.54, 1.807) is 32.4 Å². The van der Waals surface area contributed by atoms with Crippen molar-refractivity contribution in [3.8, 4) is 11.1 Å². The number of nitrogens with zero attached hydrogens (tertiary/aromatic N) is 2. The summed E-state index contributed by atoms with van der Waals surface area (Å²) in [5, 5.41) is -0.473. The van der Waals surface area contributed by atoms with Crippen molar-refractivity contribution in [3.63, 3.8) is 0 Å². The van der Waals surface area contributed by atoms with Crippen LogP contribution in [0.25, 0.3) is 16.0 Å². The molecule has 0 aliphatic heterocycles. The van der Waals surface area contributed by atoms with Crippen LogP contribution in [0.3, 0.4) is 0 Å². The van der Waals surface area contributed by atoms with E-state index in [9.17, 15) is 13.2 Å². The molecule has 30 heavy (non-hydrogen) atoms. The summed E-state index contributed by atoms with van der Waals surface area (Å²) in [5.41, 5.74) is 3.91. The Morgan fingerprint density at radius 1 is 1.23 bits per heavy atom. The largest absolute Gasteiger partial charge is 0.461 e. The zero-order chi connectivity index (χ0) is 22.5. The number of hydrogen-bond acceptors (Lipinski definition) is 4. The molecule has 0 aliphatic rings. The average molecular weight is 432 g/mol. The normalized spacial score (nSPS) is 11.5. The van der Waals surface area contributed by atoms with Gasteiger partial charge < -0.3 is 9.30 Å². The second-order valence-electron chi connectivity index (χ2n) is 7.20. The molecule has 0 saturated heterocycles. The maximum absolute atomic E-state index is 12.6. The zero-order valence-electron chi connectivity index (χ0n) is 18.2. The van der Waals surface area contributed by atoms with E-state index in [4.69, 9.17) is 11.3 Å². The molecule has 1 heterocycles. The van der Waals surface area contributed by atoms with Gasteiger partial charge in [0.05, 0.1) is 18.4 Å². The predicted molar refractivity (Wildman–Crippen MR) is 118 cm³/mol. The van der Waals surface area contributed by atoms with Crippen molar-refractivity contribution in [2.75, 3.05) is 13.2 Å². The van der Waals surface area contributed by atoms with Gasteiger partial charge in [-0.25, -0.2) is 22.8 Å². The summed E-state index contributed by atoms with van der Waals surface area (Å²) in [5.74, 6) is -0.452. The number of nitrogens with one attached hydrogen (secondary N) is 1. The number of aromatic nitrogens is 1. The summed E-state index contributed by atoms with van der Waals surface area (Å²) < 4.78 is 33.3. The number of ether oxygens (including phenoxy) is 1. The van der Waals surface area contributed by atoms with Gasteiger partial charge in [0.2, 0.25) is 15.7 Å². The SMILES string of the molecule is [C-]#[N+]c1c(-c2ccc(CCNS(=O)(=O)C(C)C)cc2)c(C(=O)OCC)n(C)c1CC. The molecule has 0 atom stereocenters. The van der Waals surface area contributed by atoms with E-state index >= 15 is 0 Å². The Balaban J connectivity index is 2.36. The van der Waals surface area contributed by atoms with Crippen LogP contribution in [0.15, 0.2) is 24.3 Å². The Kier molecular flexibility index (Phi) is 7.82. The Bertz CT molecular complexity index is 1050. The first-order valence-electron chi connectivity index (χ1n) is 10.0. The quantitative estimate of drug-likeness (QED) is 0.483. The highest BCUT2D eigenvalue weighted by Gasteiger charge is 2.26. The predicted octanol–water partition coefficient (Wildman–Crippen LogP) is 3.85. The third-order valence-corrected chi connectivity index (χ3v) is 6.83. The van der Waals surface area contributed by atoms with Crippen LogP contribution in [0.2, 0.25) is 0 Å². The molecule has 1 aromatic carbocycles. The molecule has 2 rings (SSSR count). The summed E-state index contributed by atoms with van der Waals surface area (Å²) in [6.45, 7) is 15.2. The van der Waals surface area contributed by atoms with Gasteiger partial charge >= 0.3 is 5.97 Å². The number of rotatable bonds is 9. The van der Waals surface area contributed by atoms with E-state index in [0.717, 1.165) is 16.8 Å². The summed E-state index contributed by atoms with van der Waals surface area (Å²) in [7, 11) is -1.52. The molecule has 1 N–H and O–H groups in total. The summed E-state index contributed by atoms with van der Waals surface area (Å²) in [4.78, 5) is 16.3. The first-order valence-corrected chi connectivity index (χ1v) is 11.6. The third-order valence-electron chi connectivity index (χ3n) is 4.98. The van der Waals surface area contributed by atoms with Crippen molar-refractivity contribution in [2.45, 2.75) is 45.8 Å². The number of benzene rings is 1. The van der Waals surface area contributed by atoms with Crippen LogP contribution in [0.1, 0.15) is 49.4 Å². The van der Waals surface area contributed by atoms with Gasteiger partial charge in [0.25, 0.3) is 0 Å². The molecule has 0 amide bonds. The van der Waals surface area contributed by atoms with E-state index < -0.39 is 21.2 Å². The second-order valence-corrected chi connectivity index (χ2v) is 9.52. The minimum atomic E-state index is -3.29. The van der Waals surface area contributed by atoms with Gasteiger partial charge in [-0.1, -0.05) is 31.2 Å². The zero-order valence-corrected chi connectivity index (χ0v) is 19.0. The van der Waals surface area contributed by atoms with Gasteiger partial charge in [-0.2, -0.15) is 0 Å². The van der Waals surface area contributed by atoms with Gasteiger partial charge in [0.15, 0.2) is 0 Å². The fourth-order valence-electron chi connectivity index (χ4n) is 3.30. The molecule has 1 aromatic heterocycles.